The van der Waals surface area contributed by atoms with Gasteiger partial charge in [-0.1, -0.05) is 87.9 Å². The molecule has 1 N–H and O–H groups in total. The van der Waals surface area contributed by atoms with Crippen LogP contribution in [0.2, 0.25) is 0 Å². The van der Waals surface area contributed by atoms with E-state index >= 15 is 0 Å². The van der Waals surface area contributed by atoms with Gasteiger partial charge in [-0.25, -0.2) is 14.2 Å². The standard InChI is InChI=1S/C30H36N2O4/c1-2-3-4-8-13-25-21-32(28(33)24-11-6-5-7-12-24)30(36)31(25)20-22-16-18-23(19-17-22)26-14-9-10-15-27(26)29(34)35/h9-10,14-19,21,24H,2-8,11-13,20H2,1H3,(H,34,35). The van der Waals surface area contributed by atoms with Crippen molar-refractivity contribution in [3.05, 3.63) is 82.0 Å². The lowest BCUT2D eigenvalue weighted by Crippen LogP contribution is -2.34. The fourth-order valence-electron chi connectivity index (χ4n) is 5.23. The maximum Gasteiger partial charge on any atom is 0.336 e. The third-order valence-electron chi connectivity index (χ3n) is 7.30. The number of hydrogen-bond donors (Lipinski definition) is 1. The second-order valence-electron chi connectivity index (χ2n) is 9.89. The van der Waals surface area contributed by atoms with Crippen LogP contribution in [-0.4, -0.2) is 26.1 Å². The van der Waals surface area contributed by atoms with E-state index in [0.29, 0.717) is 12.1 Å². The molecule has 4 rings (SSSR count). The number of carboxylic acids is 1. The van der Waals surface area contributed by atoms with Gasteiger partial charge in [0, 0.05) is 17.8 Å². The Balaban J connectivity index is 1.60. The number of nitrogens with zero attached hydrogens (tertiary/aromatic N) is 2. The van der Waals surface area contributed by atoms with Crippen LogP contribution >= 0.6 is 0 Å². The van der Waals surface area contributed by atoms with E-state index in [2.05, 4.69) is 6.92 Å². The molecule has 0 amide bonds. The zero-order chi connectivity index (χ0) is 25.5. The Hall–Kier alpha value is -3.41. The molecule has 190 valence electrons. The van der Waals surface area contributed by atoms with Crippen LogP contribution in [0.5, 0.6) is 0 Å². The van der Waals surface area contributed by atoms with Gasteiger partial charge in [-0.05, 0) is 48.4 Å². The molecule has 6 heteroatoms. The van der Waals surface area contributed by atoms with E-state index in [1.165, 1.54) is 4.57 Å². The number of rotatable bonds is 10. The summed E-state index contributed by atoms with van der Waals surface area (Å²) < 4.78 is 3.11. The van der Waals surface area contributed by atoms with Crippen LogP contribution in [-0.2, 0) is 13.0 Å². The molecule has 1 aromatic heterocycles. The monoisotopic (exact) mass is 488 g/mol. The number of aromatic carboxylic acids is 1. The highest BCUT2D eigenvalue weighted by molar-refractivity contribution is 5.96. The summed E-state index contributed by atoms with van der Waals surface area (Å²) in [4.78, 5) is 38.2. The van der Waals surface area contributed by atoms with Crippen molar-refractivity contribution in [1.29, 1.82) is 0 Å². The highest BCUT2D eigenvalue weighted by Crippen LogP contribution is 2.26. The van der Waals surface area contributed by atoms with Crippen LogP contribution in [0.25, 0.3) is 11.1 Å². The van der Waals surface area contributed by atoms with Gasteiger partial charge in [-0.2, -0.15) is 0 Å². The largest absolute Gasteiger partial charge is 0.478 e. The van der Waals surface area contributed by atoms with Crippen LogP contribution in [0.1, 0.15) is 91.1 Å². The third-order valence-corrected chi connectivity index (χ3v) is 7.30. The molecule has 36 heavy (non-hydrogen) atoms. The van der Waals surface area contributed by atoms with Gasteiger partial charge in [0.05, 0.1) is 12.1 Å². The number of carboxylic acid groups (broad SMARTS) is 1. The normalized spacial score (nSPS) is 14.1. The number of aromatic nitrogens is 2. The van der Waals surface area contributed by atoms with E-state index in [1.54, 1.807) is 29.0 Å². The third kappa shape index (κ3) is 5.86. The predicted molar refractivity (Wildman–Crippen MR) is 142 cm³/mol. The van der Waals surface area contributed by atoms with Crippen molar-refractivity contribution >= 4 is 11.9 Å². The molecule has 0 saturated heterocycles. The summed E-state index contributed by atoms with van der Waals surface area (Å²) in [5, 5.41) is 9.52. The number of carbonyl (C=O) groups excluding carboxylic acids is 1. The molecule has 3 aromatic rings. The van der Waals surface area contributed by atoms with Gasteiger partial charge in [0.2, 0.25) is 5.91 Å². The molecule has 0 aliphatic heterocycles. The second-order valence-corrected chi connectivity index (χ2v) is 9.89. The molecule has 1 fully saturated rings. The Labute approximate surface area is 212 Å². The number of hydrogen-bond acceptors (Lipinski definition) is 3. The summed E-state index contributed by atoms with van der Waals surface area (Å²) in [6.07, 6.45) is 11.9. The second kappa shape index (κ2) is 12.0. The Morgan fingerprint density at radius 3 is 2.36 bits per heavy atom. The minimum absolute atomic E-state index is 0.0612. The topological polar surface area (TPSA) is 81.3 Å². The molecule has 0 unspecified atom stereocenters. The first kappa shape index (κ1) is 25.7. The highest BCUT2D eigenvalue weighted by atomic mass is 16.4. The van der Waals surface area contributed by atoms with Crippen molar-refractivity contribution in [2.24, 2.45) is 5.92 Å². The Morgan fingerprint density at radius 1 is 0.944 bits per heavy atom. The number of benzene rings is 2. The molecular formula is C30H36N2O4. The SMILES string of the molecule is CCCCCCc1cn(C(=O)C2CCCCC2)c(=O)n1Cc1ccc(-c2ccccc2C(=O)O)cc1. The molecule has 0 bridgehead atoms. The van der Waals surface area contributed by atoms with E-state index < -0.39 is 5.97 Å². The molecule has 1 aliphatic carbocycles. The van der Waals surface area contributed by atoms with Gasteiger partial charge in [-0.3, -0.25) is 9.36 Å². The van der Waals surface area contributed by atoms with E-state index in [0.717, 1.165) is 81.0 Å². The van der Waals surface area contributed by atoms with Crippen molar-refractivity contribution in [2.75, 3.05) is 0 Å². The molecular weight excluding hydrogens is 452 g/mol. The average molecular weight is 489 g/mol. The average Bonchev–Trinajstić information content (AvgIpc) is 3.21. The van der Waals surface area contributed by atoms with Gasteiger partial charge in [-0.15, -0.1) is 0 Å². The lowest BCUT2D eigenvalue weighted by molar-refractivity contribution is 0.0697. The fraction of sp³-hybridized carbons (Fsp3) is 0.433. The highest BCUT2D eigenvalue weighted by Gasteiger charge is 2.25. The van der Waals surface area contributed by atoms with Gasteiger partial charge < -0.3 is 5.11 Å². The molecule has 1 saturated carbocycles. The van der Waals surface area contributed by atoms with Crippen molar-refractivity contribution in [3.8, 4) is 11.1 Å². The minimum Gasteiger partial charge on any atom is -0.478 e. The van der Waals surface area contributed by atoms with Gasteiger partial charge >= 0.3 is 11.7 Å². The predicted octanol–water partition coefficient (Wildman–Crippen LogP) is 6.41. The van der Waals surface area contributed by atoms with Crippen molar-refractivity contribution < 1.29 is 14.7 Å². The van der Waals surface area contributed by atoms with Crippen LogP contribution in [0.15, 0.2) is 59.5 Å². The summed E-state index contributed by atoms with van der Waals surface area (Å²) in [5.74, 6) is -1.08. The number of carbonyl (C=O) groups is 2. The molecule has 2 aromatic carbocycles. The molecule has 0 radical (unpaired) electrons. The smallest absolute Gasteiger partial charge is 0.336 e. The maximum absolute atomic E-state index is 13.4. The summed E-state index contributed by atoms with van der Waals surface area (Å²) >= 11 is 0. The van der Waals surface area contributed by atoms with Gasteiger partial charge in [0.25, 0.3) is 0 Å². The van der Waals surface area contributed by atoms with Crippen LogP contribution in [0.4, 0.5) is 0 Å². The number of aryl methyl sites for hydroxylation is 1. The van der Waals surface area contributed by atoms with Crippen molar-refractivity contribution in [3.63, 3.8) is 0 Å². The van der Waals surface area contributed by atoms with Crippen LogP contribution < -0.4 is 5.69 Å². The lowest BCUT2D eigenvalue weighted by atomic mass is 9.88. The molecule has 0 atom stereocenters. The Bertz CT molecular complexity index is 1250. The van der Waals surface area contributed by atoms with Crippen molar-refractivity contribution in [1.82, 2.24) is 9.13 Å². The Morgan fingerprint density at radius 2 is 1.67 bits per heavy atom. The lowest BCUT2D eigenvalue weighted by Gasteiger charge is -2.19. The minimum atomic E-state index is -0.960. The van der Waals surface area contributed by atoms with Crippen molar-refractivity contribution in [2.45, 2.75) is 77.7 Å². The zero-order valence-electron chi connectivity index (χ0n) is 21.1. The molecule has 1 heterocycles. The number of imidazole rings is 1. The summed E-state index contributed by atoms with van der Waals surface area (Å²) in [5.41, 5.74) is 3.32. The quantitative estimate of drug-likeness (QED) is 0.335. The number of unbranched alkanes of at least 4 members (excludes halogenated alkanes) is 3. The molecule has 6 nitrogen and oxygen atoms in total. The van der Waals surface area contributed by atoms with Crippen LogP contribution in [0, 0.1) is 5.92 Å². The maximum atomic E-state index is 13.4. The molecule has 0 spiro atoms. The van der Waals surface area contributed by atoms with E-state index in [9.17, 15) is 19.5 Å². The first-order chi connectivity index (χ1) is 17.5. The Kier molecular flexibility index (Phi) is 8.57. The van der Waals surface area contributed by atoms with Gasteiger partial charge in [0.15, 0.2) is 0 Å². The van der Waals surface area contributed by atoms with Gasteiger partial charge in [0.1, 0.15) is 0 Å². The molecule has 1 aliphatic rings. The summed E-state index contributed by atoms with van der Waals surface area (Å²) in [6, 6.07) is 14.6. The van der Waals surface area contributed by atoms with E-state index in [-0.39, 0.29) is 23.1 Å². The first-order valence-corrected chi connectivity index (χ1v) is 13.3. The first-order valence-electron chi connectivity index (χ1n) is 13.3. The fourth-order valence-corrected chi connectivity index (χ4v) is 5.23. The summed E-state index contributed by atoms with van der Waals surface area (Å²) in [7, 11) is 0. The van der Waals surface area contributed by atoms with E-state index in [4.69, 9.17) is 0 Å². The van der Waals surface area contributed by atoms with E-state index in [1.807, 2.05) is 30.3 Å². The summed E-state index contributed by atoms with van der Waals surface area (Å²) in [6.45, 7) is 2.56. The van der Waals surface area contributed by atoms with Crippen LogP contribution in [0.3, 0.4) is 0 Å². The zero-order valence-corrected chi connectivity index (χ0v) is 21.1.